The summed E-state index contributed by atoms with van der Waals surface area (Å²) in [5.41, 5.74) is 0. The van der Waals surface area contributed by atoms with Crippen LogP contribution in [0.25, 0.3) is 0 Å². The lowest BCUT2D eigenvalue weighted by molar-refractivity contribution is -0.274. The van der Waals surface area contributed by atoms with Gasteiger partial charge < -0.3 is 4.74 Å². The Hall–Kier alpha value is -1.28. The Bertz CT molecular complexity index is 571. The topological polar surface area (TPSA) is 55.4 Å². The van der Waals surface area contributed by atoms with Gasteiger partial charge in [-0.3, -0.25) is 0 Å². The van der Waals surface area contributed by atoms with Gasteiger partial charge in [-0.05, 0) is 37.6 Å². The lowest BCUT2D eigenvalue weighted by Gasteiger charge is -2.14. The summed E-state index contributed by atoms with van der Waals surface area (Å²) in [6.45, 7) is 3.86. The molecule has 1 atom stereocenters. The van der Waals surface area contributed by atoms with Crippen molar-refractivity contribution >= 4 is 10.0 Å². The standard InChI is InChI=1S/C15H22F3NO3S/c1-3-4-5-6-7-12(2)19-23(20,21)14-10-8-13(9-11-14)22-15(16,17)18/h8-12,19H,3-7H2,1-2H3. The van der Waals surface area contributed by atoms with Gasteiger partial charge >= 0.3 is 6.36 Å². The molecular formula is C15H22F3NO3S. The van der Waals surface area contributed by atoms with Crippen molar-refractivity contribution in [2.45, 2.75) is 63.3 Å². The SMILES string of the molecule is CCCCCCC(C)NS(=O)(=O)c1ccc(OC(F)(F)F)cc1. The average molecular weight is 353 g/mol. The molecule has 8 heteroatoms. The zero-order valence-corrected chi connectivity index (χ0v) is 14.0. The molecule has 0 heterocycles. The molecule has 1 aromatic carbocycles. The fourth-order valence-electron chi connectivity index (χ4n) is 2.09. The Morgan fingerprint density at radius 2 is 1.74 bits per heavy atom. The second-order valence-corrected chi connectivity index (χ2v) is 7.10. The first-order valence-electron chi connectivity index (χ1n) is 7.52. The van der Waals surface area contributed by atoms with E-state index in [-0.39, 0.29) is 10.9 Å². The first-order valence-corrected chi connectivity index (χ1v) is 9.00. The van der Waals surface area contributed by atoms with E-state index in [0.717, 1.165) is 49.9 Å². The summed E-state index contributed by atoms with van der Waals surface area (Å²) in [5, 5.41) is 0. The van der Waals surface area contributed by atoms with E-state index < -0.39 is 22.1 Å². The normalized spacial score (nSPS) is 13.8. The summed E-state index contributed by atoms with van der Waals surface area (Å²) in [4.78, 5) is -0.0903. The zero-order valence-electron chi connectivity index (χ0n) is 13.2. The number of unbranched alkanes of at least 4 members (excludes halogenated alkanes) is 3. The number of sulfonamides is 1. The molecule has 0 amide bonds. The van der Waals surface area contributed by atoms with Crippen molar-refractivity contribution < 1.29 is 26.3 Å². The number of nitrogens with one attached hydrogen (secondary N) is 1. The molecule has 0 saturated carbocycles. The molecule has 0 aliphatic heterocycles. The summed E-state index contributed by atoms with van der Waals surface area (Å²) in [6, 6.07) is 3.91. The van der Waals surface area contributed by atoms with Gasteiger partial charge in [0.25, 0.3) is 0 Å². The summed E-state index contributed by atoms with van der Waals surface area (Å²) < 4.78 is 66.8. The Kier molecular flexibility index (Phi) is 7.34. The molecule has 1 N–H and O–H groups in total. The Morgan fingerprint density at radius 3 is 2.26 bits per heavy atom. The number of rotatable bonds is 9. The lowest BCUT2D eigenvalue weighted by Crippen LogP contribution is -2.32. The minimum atomic E-state index is -4.80. The van der Waals surface area contributed by atoms with Crippen LogP contribution in [0.3, 0.4) is 0 Å². The summed E-state index contributed by atoms with van der Waals surface area (Å²) in [7, 11) is -3.75. The van der Waals surface area contributed by atoms with Crippen molar-refractivity contribution in [1.82, 2.24) is 4.72 Å². The van der Waals surface area contributed by atoms with Gasteiger partial charge in [0.2, 0.25) is 10.0 Å². The molecule has 0 spiro atoms. The molecule has 1 aromatic rings. The first kappa shape index (κ1) is 19.8. The molecule has 1 rings (SSSR count). The van der Waals surface area contributed by atoms with Crippen LogP contribution in [-0.4, -0.2) is 20.8 Å². The van der Waals surface area contributed by atoms with Gasteiger partial charge in [-0.1, -0.05) is 32.6 Å². The van der Waals surface area contributed by atoms with E-state index in [1.165, 1.54) is 0 Å². The van der Waals surface area contributed by atoms with Crippen molar-refractivity contribution in [3.63, 3.8) is 0 Å². The van der Waals surface area contributed by atoms with Gasteiger partial charge in [-0.25, -0.2) is 13.1 Å². The molecule has 0 fully saturated rings. The minimum Gasteiger partial charge on any atom is -0.406 e. The van der Waals surface area contributed by atoms with Crippen LogP contribution in [0.2, 0.25) is 0 Å². The monoisotopic (exact) mass is 353 g/mol. The molecule has 4 nitrogen and oxygen atoms in total. The van der Waals surface area contributed by atoms with Crippen LogP contribution in [0.1, 0.15) is 46.0 Å². The van der Waals surface area contributed by atoms with Crippen molar-refractivity contribution in [2.75, 3.05) is 0 Å². The van der Waals surface area contributed by atoms with Crippen molar-refractivity contribution in [3.8, 4) is 5.75 Å². The van der Waals surface area contributed by atoms with E-state index in [4.69, 9.17) is 0 Å². The third-order valence-electron chi connectivity index (χ3n) is 3.21. The van der Waals surface area contributed by atoms with Gasteiger partial charge in [0.05, 0.1) is 4.90 Å². The fraction of sp³-hybridized carbons (Fsp3) is 0.600. The third-order valence-corrected chi connectivity index (χ3v) is 4.82. The molecule has 132 valence electrons. The Labute approximate surface area is 135 Å². The van der Waals surface area contributed by atoms with Crippen molar-refractivity contribution in [3.05, 3.63) is 24.3 Å². The van der Waals surface area contributed by atoms with E-state index in [1.807, 2.05) is 0 Å². The first-order chi connectivity index (χ1) is 10.6. The van der Waals surface area contributed by atoms with E-state index in [2.05, 4.69) is 16.4 Å². The molecule has 0 radical (unpaired) electrons. The van der Waals surface area contributed by atoms with Crippen LogP contribution in [0.4, 0.5) is 13.2 Å². The fourth-order valence-corrected chi connectivity index (χ4v) is 3.37. The van der Waals surface area contributed by atoms with Crippen LogP contribution in [0.15, 0.2) is 29.2 Å². The number of benzene rings is 1. The zero-order chi connectivity index (χ0) is 17.5. The van der Waals surface area contributed by atoms with Crippen molar-refractivity contribution in [2.24, 2.45) is 0 Å². The second kappa shape index (κ2) is 8.54. The number of hydrogen-bond acceptors (Lipinski definition) is 3. The van der Waals surface area contributed by atoms with Gasteiger partial charge in [0.1, 0.15) is 5.75 Å². The minimum absolute atomic E-state index is 0.0903. The maximum Gasteiger partial charge on any atom is 0.573 e. The summed E-state index contributed by atoms with van der Waals surface area (Å²) in [6.07, 6.45) is 0.106. The van der Waals surface area contributed by atoms with Crippen LogP contribution in [0, 0.1) is 0 Å². The van der Waals surface area contributed by atoms with Crippen LogP contribution >= 0.6 is 0 Å². The van der Waals surface area contributed by atoms with E-state index in [9.17, 15) is 21.6 Å². The predicted molar refractivity (Wildman–Crippen MR) is 81.7 cm³/mol. The van der Waals surface area contributed by atoms with Crippen LogP contribution in [0.5, 0.6) is 5.75 Å². The molecular weight excluding hydrogens is 331 g/mol. The highest BCUT2D eigenvalue weighted by Gasteiger charge is 2.31. The molecule has 0 aliphatic rings. The molecule has 23 heavy (non-hydrogen) atoms. The highest BCUT2D eigenvalue weighted by Crippen LogP contribution is 2.24. The van der Waals surface area contributed by atoms with Gasteiger partial charge in [-0.2, -0.15) is 0 Å². The molecule has 0 bridgehead atoms. The highest BCUT2D eigenvalue weighted by atomic mass is 32.2. The Balaban J connectivity index is 2.62. The lowest BCUT2D eigenvalue weighted by atomic mass is 10.1. The number of hydrogen-bond donors (Lipinski definition) is 1. The molecule has 1 unspecified atom stereocenters. The van der Waals surface area contributed by atoms with E-state index >= 15 is 0 Å². The highest BCUT2D eigenvalue weighted by molar-refractivity contribution is 7.89. The number of halogens is 3. The van der Waals surface area contributed by atoms with Crippen LogP contribution < -0.4 is 9.46 Å². The maximum absolute atomic E-state index is 12.2. The number of ether oxygens (including phenoxy) is 1. The van der Waals surface area contributed by atoms with E-state index in [1.54, 1.807) is 6.92 Å². The smallest absolute Gasteiger partial charge is 0.406 e. The van der Waals surface area contributed by atoms with Gasteiger partial charge in [0, 0.05) is 6.04 Å². The molecule has 0 saturated heterocycles. The van der Waals surface area contributed by atoms with Gasteiger partial charge in [-0.15, -0.1) is 13.2 Å². The summed E-state index contributed by atoms with van der Waals surface area (Å²) in [5.74, 6) is -0.455. The average Bonchev–Trinajstić information content (AvgIpc) is 2.42. The predicted octanol–water partition coefficient (Wildman–Crippen LogP) is 4.22. The molecule has 0 aromatic heterocycles. The van der Waals surface area contributed by atoms with E-state index in [0.29, 0.717) is 6.42 Å². The van der Waals surface area contributed by atoms with Crippen molar-refractivity contribution in [1.29, 1.82) is 0 Å². The maximum atomic E-state index is 12.2. The largest absolute Gasteiger partial charge is 0.573 e. The van der Waals surface area contributed by atoms with Gasteiger partial charge in [0.15, 0.2) is 0 Å². The summed E-state index contributed by atoms with van der Waals surface area (Å²) >= 11 is 0. The Morgan fingerprint density at radius 1 is 1.13 bits per heavy atom. The third kappa shape index (κ3) is 7.69. The second-order valence-electron chi connectivity index (χ2n) is 5.39. The number of alkyl halides is 3. The quantitative estimate of drug-likeness (QED) is 0.676. The molecule has 0 aliphatic carbocycles. The van der Waals surface area contributed by atoms with Crippen LogP contribution in [-0.2, 0) is 10.0 Å².